The second-order valence-electron chi connectivity index (χ2n) is 16.9. The normalized spacial score (nSPS) is 14.4. The van der Waals surface area contributed by atoms with Gasteiger partial charge in [-0.05, 0) is 0 Å². The zero-order valence-electron chi connectivity index (χ0n) is 30.8. The van der Waals surface area contributed by atoms with Crippen LogP contribution in [0.3, 0.4) is 0 Å². The fraction of sp³-hybridized carbons (Fsp3) is 0.356. The molecule has 0 aliphatic heterocycles. The quantitative estimate of drug-likeness (QED) is 0.162. The van der Waals surface area contributed by atoms with Crippen molar-refractivity contribution in [1.29, 1.82) is 0 Å². The number of rotatable bonds is 6. The summed E-state index contributed by atoms with van der Waals surface area (Å²) in [6, 6.07) is 31.7. The van der Waals surface area contributed by atoms with Crippen molar-refractivity contribution in [2.24, 2.45) is 0 Å². The van der Waals surface area contributed by atoms with Crippen LogP contribution in [0.4, 0.5) is 0 Å². The molecule has 6 rings (SSSR count). The zero-order valence-corrected chi connectivity index (χ0v) is 34.9. The SMILES string of the molecule is Cl.Cl.[CH2]=[Zr]([C]1=CC=CC1)([c]1ccc(C(C)C)cc1)([c]1ccc(C(C)C)cc1)[c]1c(C(C)(C)C)ccc2c1Cc1cc(C(C)(C)C)ccc1-2. The Labute approximate surface area is 304 Å². The van der Waals surface area contributed by atoms with Crippen molar-refractivity contribution in [2.45, 2.75) is 105 Å². The molecule has 254 valence electrons. The Morgan fingerprint density at radius 1 is 0.646 bits per heavy atom. The summed E-state index contributed by atoms with van der Waals surface area (Å²) in [5.74, 6) is 0.962. The van der Waals surface area contributed by atoms with Crippen LogP contribution in [-0.4, -0.2) is 4.21 Å². The van der Waals surface area contributed by atoms with Crippen LogP contribution in [0.25, 0.3) is 11.1 Å². The number of allylic oxidation sites excluding steroid dienone is 4. The minimum absolute atomic E-state index is 0. The summed E-state index contributed by atoms with van der Waals surface area (Å²) in [4.78, 5) is 0. The van der Waals surface area contributed by atoms with E-state index in [2.05, 4.69) is 166 Å². The van der Waals surface area contributed by atoms with Crippen LogP contribution in [0.1, 0.15) is 121 Å². The Hall–Kier alpha value is -2.31. The first-order valence-electron chi connectivity index (χ1n) is 17.5. The molecule has 48 heavy (non-hydrogen) atoms. The molecule has 0 nitrogen and oxygen atoms in total. The first kappa shape index (κ1) is 38.5. The van der Waals surface area contributed by atoms with Crippen molar-refractivity contribution in [2.75, 3.05) is 0 Å². The minimum atomic E-state index is -4.89. The van der Waals surface area contributed by atoms with Gasteiger partial charge in [-0.25, -0.2) is 0 Å². The molecule has 3 heteroatoms. The molecule has 2 aliphatic rings. The van der Waals surface area contributed by atoms with E-state index in [4.69, 9.17) is 4.21 Å². The summed E-state index contributed by atoms with van der Waals surface area (Å²) in [6.07, 6.45) is 9.03. The Morgan fingerprint density at radius 3 is 1.60 bits per heavy atom. The van der Waals surface area contributed by atoms with E-state index in [9.17, 15) is 0 Å². The third-order valence-corrected chi connectivity index (χ3v) is 27.6. The molecule has 0 fully saturated rings. The van der Waals surface area contributed by atoms with Crippen LogP contribution in [0, 0.1) is 0 Å². The van der Waals surface area contributed by atoms with E-state index in [0.717, 1.165) is 12.8 Å². The monoisotopic (exact) mass is 756 g/mol. The summed E-state index contributed by atoms with van der Waals surface area (Å²) in [5, 5.41) is 0. The van der Waals surface area contributed by atoms with Crippen LogP contribution < -0.4 is 9.81 Å². The Kier molecular flexibility index (Phi) is 10.8. The average Bonchev–Trinajstić information content (AvgIpc) is 3.68. The number of hydrogen-bond donors (Lipinski definition) is 0. The van der Waals surface area contributed by atoms with Gasteiger partial charge in [0.2, 0.25) is 0 Å². The maximum absolute atomic E-state index is 5.82. The number of hydrogen-bond acceptors (Lipinski definition) is 0. The second kappa shape index (κ2) is 13.4. The standard InChI is InChI=1S/C21H25.2C9H11.C5H5.CH2.2ClH.Zr/c1-20(2,3)16-7-9-18-14(12-16)11-15-13-17(21(4,5)6)8-10-19(15)18;2*1-8(2)9-6-4-3-5-7-9;1-2-4-5-3-1;;;;/h7-10,12H,11H2,1-6H3;2*4-8H,1-2H3;1-3H,4H2;1H2;2*1H;. The van der Waals surface area contributed by atoms with Gasteiger partial charge in [0.25, 0.3) is 0 Å². The molecular formula is C45H56Cl2Zr. The molecule has 0 N–H and O–H groups in total. The molecule has 4 aromatic rings. The second-order valence-corrected chi connectivity index (χ2v) is 29.7. The van der Waals surface area contributed by atoms with E-state index in [1.807, 2.05) is 0 Å². The number of halogens is 2. The first-order valence-corrected chi connectivity index (χ1v) is 24.1. The van der Waals surface area contributed by atoms with Crippen molar-refractivity contribution in [3.8, 4) is 11.1 Å². The molecule has 0 amide bonds. The molecule has 0 saturated heterocycles. The van der Waals surface area contributed by atoms with Crippen molar-refractivity contribution in [1.82, 2.24) is 0 Å². The first-order chi connectivity index (χ1) is 21.5. The van der Waals surface area contributed by atoms with Gasteiger partial charge in [-0.15, -0.1) is 24.8 Å². The van der Waals surface area contributed by atoms with Gasteiger partial charge >= 0.3 is 282 Å². The molecule has 4 aromatic carbocycles. The van der Waals surface area contributed by atoms with Crippen molar-refractivity contribution < 1.29 is 18.3 Å². The Morgan fingerprint density at radius 2 is 1.17 bits per heavy atom. The van der Waals surface area contributed by atoms with Gasteiger partial charge in [-0.3, -0.25) is 0 Å². The Balaban J connectivity index is 0.00000260. The molecule has 0 saturated carbocycles. The summed E-state index contributed by atoms with van der Waals surface area (Å²) in [5.41, 5.74) is 11.5. The molecule has 0 spiro atoms. The molecule has 0 unspecified atom stereocenters. The van der Waals surface area contributed by atoms with Gasteiger partial charge in [0, 0.05) is 0 Å². The summed E-state index contributed by atoms with van der Waals surface area (Å²) in [7, 11) is 0. The van der Waals surface area contributed by atoms with E-state index in [1.54, 1.807) is 6.55 Å². The zero-order chi connectivity index (χ0) is 33.3. The van der Waals surface area contributed by atoms with Crippen LogP contribution >= 0.6 is 24.8 Å². The molecule has 0 radical (unpaired) electrons. The van der Waals surface area contributed by atoms with Crippen LogP contribution in [-0.2, 0) is 35.5 Å². The van der Waals surface area contributed by atoms with Crippen molar-refractivity contribution in [3.63, 3.8) is 0 Å². The van der Waals surface area contributed by atoms with Crippen LogP contribution in [0.15, 0.2) is 100 Å². The van der Waals surface area contributed by atoms with Gasteiger partial charge in [0.1, 0.15) is 0 Å². The van der Waals surface area contributed by atoms with E-state index in [1.165, 1.54) is 51.1 Å². The van der Waals surface area contributed by atoms with Gasteiger partial charge < -0.3 is 0 Å². The molecule has 0 bridgehead atoms. The topological polar surface area (TPSA) is 0 Å². The molecule has 0 atom stereocenters. The van der Waals surface area contributed by atoms with E-state index in [-0.39, 0.29) is 35.6 Å². The number of benzene rings is 4. The molecular weight excluding hydrogens is 703 g/mol. The van der Waals surface area contributed by atoms with Gasteiger partial charge in [-0.2, -0.15) is 0 Å². The maximum atomic E-state index is 5.82. The van der Waals surface area contributed by atoms with Crippen molar-refractivity contribution in [3.05, 3.63) is 134 Å². The van der Waals surface area contributed by atoms with Gasteiger partial charge in [0.05, 0.1) is 0 Å². The van der Waals surface area contributed by atoms with Crippen LogP contribution in [0.5, 0.6) is 0 Å². The predicted octanol–water partition coefficient (Wildman–Crippen LogP) is 11.2. The Bertz CT molecular complexity index is 1880. The van der Waals surface area contributed by atoms with Crippen LogP contribution in [0.2, 0.25) is 0 Å². The molecule has 0 aromatic heterocycles. The summed E-state index contributed by atoms with van der Waals surface area (Å²) >= 11 is -4.89. The van der Waals surface area contributed by atoms with Gasteiger partial charge in [-0.1, -0.05) is 0 Å². The predicted molar refractivity (Wildman–Crippen MR) is 216 cm³/mol. The summed E-state index contributed by atoms with van der Waals surface area (Å²) < 4.78 is 11.8. The van der Waals surface area contributed by atoms with E-state index >= 15 is 0 Å². The number of fused-ring (bicyclic) bond motifs is 3. The summed E-state index contributed by atoms with van der Waals surface area (Å²) in [6.45, 7) is 23.4. The third-order valence-electron chi connectivity index (χ3n) is 11.2. The van der Waals surface area contributed by atoms with E-state index < -0.39 is 18.3 Å². The third kappa shape index (κ3) is 6.05. The molecule has 0 heterocycles. The fourth-order valence-corrected chi connectivity index (χ4v) is 24.9. The fourth-order valence-electron chi connectivity index (χ4n) is 8.31. The van der Waals surface area contributed by atoms with Gasteiger partial charge in [0.15, 0.2) is 0 Å². The molecule has 2 aliphatic carbocycles. The van der Waals surface area contributed by atoms with Crippen molar-refractivity contribution >= 4 is 38.8 Å². The average molecular weight is 759 g/mol. The van der Waals surface area contributed by atoms with E-state index in [0.29, 0.717) is 11.8 Å².